The van der Waals surface area contributed by atoms with Crippen LogP contribution in [0.5, 0.6) is 0 Å². The minimum Gasteiger partial charge on any atom is -0.459 e. The van der Waals surface area contributed by atoms with E-state index < -0.39 is 11.8 Å². The number of hydrogen-bond acceptors (Lipinski definition) is 5. The normalized spacial score (nSPS) is 11.3. The largest absolute Gasteiger partial charge is 0.459 e. The number of aliphatic hydroxyl groups is 2. The standard InChI is InChI=1S/C18H19ClN2O5/c19-14-5-3-13(4-6-14)12-15(18(25)21(7-9-22)8-10-23)20-17(24)16-2-1-11-26-16/h1-6,11-12,22-23H,7-10H2,(H,20,24)/b15-12+. The molecule has 2 amide bonds. The van der Waals surface area contributed by atoms with E-state index in [1.54, 1.807) is 30.3 Å². The van der Waals surface area contributed by atoms with Crippen LogP contribution in [-0.4, -0.2) is 53.2 Å². The third-order valence-electron chi connectivity index (χ3n) is 3.43. The van der Waals surface area contributed by atoms with Crippen LogP contribution in [-0.2, 0) is 4.79 Å². The Kier molecular flexibility index (Phi) is 7.40. The molecule has 0 saturated carbocycles. The molecule has 0 radical (unpaired) electrons. The van der Waals surface area contributed by atoms with Gasteiger partial charge in [-0.1, -0.05) is 23.7 Å². The lowest BCUT2D eigenvalue weighted by atomic mass is 10.1. The third-order valence-corrected chi connectivity index (χ3v) is 3.68. The molecular weight excluding hydrogens is 360 g/mol. The molecule has 3 N–H and O–H groups in total. The molecule has 1 aromatic heterocycles. The van der Waals surface area contributed by atoms with E-state index in [0.29, 0.717) is 10.6 Å². The maximum atomic E-state index is 12.8. The highest BCUT2D eigenvalue weighted by molar-refractivity contribution is 6.30. The Morgan fingerprint density at radius 1 is 1.12 bits per heavy atom. The van der Waals surface area contributed by atoms with Crippen molar-refractivity contribution in [2.75, 3.05) is 26.3 Å². The molecule has 0 aliphatic carbocycles. The minimum absolute atomic E-state index is 0.0179. The quantitative estimate of drug-likeness (QED) is 0.604. The predicted molar refractivity (Wildman–Crippen MR) is 96.4 cm³/mol. The van der Waals surface area contributed by atoms with E-state index >= 15 is 0 Å². The Labute approximate surface area is 155 Å². The topological polar surface area (TPSA) is 103 Å². The second kappa shape index (κ2) is 9.76. The maximum Gasteiger partial charge on any atom is 0.291 e. The minimum atomic E-state index is -0.587. The van der Waals surface area contributed by atoms with Crippen LogP contribution in [0, 0.1) is 0 Å². The first-order valence-electron chi connectivity index (χ1n) is 7.88. The summed E-state index contributed by atoms with van der Waals surface area (Å²) in [6, 6.07) is 9.72. The number of furan rings is 1. The van der Waals surface area contributed by atoms with Gasteiger partial charge < -0.3 is 24.8 Å². The average molecular weight is 379 g/mol. The first-order valence-corrected chi connectivity index (χ1v) is 8.26. The summed E-state index contributed by atoms with van der Waals surface area (Å²) in [7, 11) is 0. The molecule has 26 heavy (non-hydrogen) atoms. The molecule has 0 spiro atoms. The summed E-state index contributed by atoms with van der Waals surface area (Å²) >= 11 is 5.86. The lowest BCUT2D eigenvalue weighted by Crippen LogP contribution is -2.41. The number of rotatable bonds is 8. The number of nitrogens with one attached hydrogen (secondary N) is 1. The van der Waals surface area contributed by atoms with Crippen molar-refractivity contribution in [1.29, 1.82) is 0 Å². The molecule has 0 unspecified atom stereocenters. The molecule has 0 saturated heterocycles. The van der Waals surface area contributed by atoms with Crippen molar-refractivity contribution >= 4 is 29.5 Å². The lowest BCUT2D eigenvalue weighted by Gasteiger charge is -2.22. The highest BCUT2D eigenvalue weighted by Gasteiger charge is 2.21. The maximum absolute atomic E-state index is 12.8. The van der Waals surface area contributed by atoms with E-state index in [2.05, 4.69) is 5.32 Å². The van der Waals surface area contributed by atoms with Crippen LogP contribution >= 0.6 is 11.6 Å². The van der Waals surface area contributed by atoms with E-state index in [-0.39, 0.29) is 37.8 Å². The van der Waals surface area contributed by atoms with Gasteiger partial charge in [-0.2, -0.15) is 0 Å². The number of amides is 2. The zero-order chi connectivity index (χ0) is 18.9. The second-order valence-corrected chi connectivity index (χ2v) is 5.72. The average Bonchev–Trinajstić information content (AvgIpc) is 3.17. The number of nitrogens with zero attached hydrogens (tertiary/aromatic N) is 1. The molecule has 0 aliphatic heterocycles. The first-order chi connectivity index (χ1) is 12.5. The Morgan fingerprint density at radius 2 is 1.77 bits per heavy atom. The molecule has 8 heteroatoms. The summed E-state index contributed by atoms with van der Waals surface area (Å²) in [6.07, 6.45) is 2.84. The molecule has 1 aromatic carbocycles. The van der Waals surface area contributed by atoms with E-state index in [1.807, 2.05) is 0 Å². The van der Waals surface area contributed by atoms with Crippen LogP contribution in [0.2, 0.25) is 5.02 Å². The van der Waals surface area contributed by atoms with Crippen LogP contribution < -0.4 is 5.32 Å². The van der Waals surface area contributed by atoms with E-state index in [0.717, 1.165) is 0 Å². The van der Waals surface area contributed by atoms with Crippen LogP contribution in [0.3, 0.4) is 0 Å². The van der Waals surface area contributed by atoms with Crippen molar-refractivity contribution in [3.05, 3.63) is 64.7 Å². The van der Waals surface area contributed by atoms with Crippen molar-refractivity contribution < 1.29 is 24.2 Å². The van der Waals surface area contributed by atoms with E-state index in [9.17, 15) is 9.59 Å². The Balaban J connectivity index is 2.31. The monoisotopic (exact) mass is 378 g/mol. The summed E-state index contributed by atoms with van der Waals surface area (Å²) in [5.74, 6) is -1.07. The third kappa shape index (κ3) is 5.45. The van der Waals surface area contributed by atoms with Gasteiger partial charge in [0.05, 0.1) is 19.5 Å². The van der Waals surface area contributed by atoms with Crippen LogP contribution in [0.4, 0.5) is 0 Å². The Morgan fingerprint density at radius 3 is 2.31 bits per heavy atom. The molecule has 0 atom stereocenters. The number of carbonyl (C=O) groups excluding carboxylic acids is 2. The number of aliphatic hydroxyl groups excluding tert-OH is 2. The fraction of sp³-hybridized carbons (Fsp3) is 0.222. The Bertz CT molecular complexity index is 750. The summed E-state index contributed by atoms with van der Waals surface area (Å²) in [5, 5.41) is 21.3. The molecule has 0 fully saturated rings. The molecular formula is C18H19ClN2O5. The van der Waals surface area contributed by atoms with Gasteiger partial charge >= 0.3 is 0 Å². The van der Waals surface area contributed by atoms with E-state index in [1.165, 1.54) is 23.3 Å². The number of carbonyl (C=O) groups is 2. The van der Waals surface area contributed by atoms with E-state index in [4.69, 9.17) is 26.2 Å². The van der Waals surface area contributed by atoms with Crippen molar-refractivity contribution in [2.45, 2.75) is 0 Å². The van der Waals surface area contributed by atoms with Gasteiger partial charge in [0.2, 0.25) is 0 Å². The molecule has 138 valence electrons. The van der Waals surface area contributed by atoms with Gasteiger partial charge in [0.1, 0.15) is 5.70 Å². The van der Waals surface area contributed by atoms with Gasteiger partial charge in [-0.25, -0.2) is 0 Å². The smallest absolute Gasteiger partial charge is 0.291 e. The van der Waals surface area contributed by atoms with Crippen molar-refractivity contribution in [3.63, 3.8) is 0 Å². The highest BCUT2D eigenvalue weighted by Crippen LogP contribution is 2.14. The zero-order valence-electron chi connectivity index (χ0n) is 13.9. The number of hydrogen-bond donors (Lipinski definition) is 3. The fourth-order valence-electron chi connectivity index (χ4n) is 2.20. The van der Waals surface area contributed by atoms with Gasteiger partial charge in [-0.15, -0.1) is 0 Å². The second-order valence-electron chi connectivity index (χ2n) is 5.28. The zero-order valence-corrected chi connectivity index (χ0v) is 14.6. The lowest BCUT2D eigenvalue weighted by molar-refractivity contribution is -0.128. The summed E-state index contributed by atoms with van der Waals surface area (Å²) in [6.45, 7) is -0.500. The molecule has 0 aliphatic rings. The van der Waals surface area contributed by atoms with Gasteiger partial charge in [0.15, 0.2) is 5.76 Å². The molecule has 2 aromatic rings. The first kappa shape index (κ1) is 19.7. The molecule has 1 heterocycles. The van der Waals surface area contributed by atoms with Crippen molar-refractivity contribution in [2.24, 2.45) is 0 Å². The van der Waals surface area contributed by atoms with Gasteiger partial charge in [-0.05, 0) is 35.9 Å². The summed E-state index contributed by atoms with van der Waals surface area (Å²) in [5.41, 5.74) is 0.626. The Hall–Kier alpha value is -2.61. The van der Waals surface area contributed by atoms with Crippen molar-refractivity contribution in [3.8, 4) is 0 Å². The summed E-state index contributed by atoms with van der Waals surface area (Å²) < 4.78 is 5.04. The van der Waals surface area contributed by atoms with Crippen LogP contribution in [0.15, 0.2) is 52.8 Å². The number of benzene rings is 1. The van der Waals surface area contributed by atoms with Gasteiger partial charge in [0, 0.05) is 18.1 Å². The molecule has 0 bridgehead atoms. The van der Waals surface area contributed by atoms with Crippen LogP contribution in [0.25, 0.3) is 6.08 Å². The van der Waals surface area contributed by atoms with Gasteiger partial charge in [-0.3, -0.25) is 9.59 Å². The highest BCUT2D eigenvalue weighted by atomic mass is 35.5. The SMILES string of the molecule is O=C(N/C(=C/c1ccc(Cl)cc1)C(=O)N(CCO)CCO)c1ccco1. The fourth-order valence-corrected chi connectivity index (χ4v) is 2.32. The molecule has 7 nitrogen and oxygen atoms in total. The molecule has 2 rings (SSSR count). The predicted octanol–water partition coefficient (Wildman–Crippen LogP) is 1.52. The summed E-state index contributed by atoms with van der Waals surface area (Å²) in [4.78, 5) is 26.3. The van der Waals surface area contributed by atoms with Gasteiger partial charge in [0.25, 0.3) is 11.8 Å². The van der Waals surface area contributed by atoms with Crippen LogP contribution in [0.1, 0.15) is 16.1 Å². The number of halogens is 1. The van der Waals surface area contributed by atoms with Crippen molar-refractivity contribution in [1.82, 2.24) is 10.2 Å².